The van der Waals surface area contributed by atoms with Crippen molar-refractivity contribution in [2.45, 2.75) is 84.6 Å². The van der Waals surface area contributed by atoms with Crippen molar-refractivity contribution in [1.82, 2.24) is 0 Å². The van der Waals surface area contributed by atoms with Gasteiger partial charge in [0.2, 0.25) is 0 Å². The van der Waals surface area contributed by atoms with E-state index in [0.29, 0.717) is 18.6 Å². The molecule has 0 unspecified atom stereocenters. The molecule has 0 amide bonds. The first kappa shape index (κ1) is 18.4. The number of esters is 1. The first-order chi connectivity index (χ1) is 9.10. The van der Waals surface area contributed by atoms with Crippen molar-refractivity contribution >= 4 is 5.97 Å². The lowest BCUT2D eigenvalue weighted by molar-refractivity contribution is -0.142. The summed E-state index contributed by atoms with van der Waals surface area (Å²) in [5.74, 6) is 0.350. The molecule has 0 aliphatic rings. The minimum atomic E-state index is -0.166. The molecule has 0 fully saturated rings. The van der Waals surface area contributed by atoms with E-state index in [-0.39, 0.29) is 5.97 Å². The SMILES string of the molecule is CCCC[C@@H](N)CCC[C@H](CCCC)COC(C)=O. The molecule has 114 valence electrons. The van der Waals surface area contributed by atoms with Crippen molar-refractivity contribution < 1.29 is 9.53 Å². The third kappa shape index (κ3) is 12.2. The Kier molecular flexibility index (Phi) is 12.1. The number of rotatable bonds is 12. The van der Waals surface area contributed by atoms with Gasteiger partial charge in [0, 0.05) is 13.0 Å². The number of hydrogen-bond acceptors (Lipinski definition) is 3. The first-order valence-corrected chi connectivity index (χ1v) is 7.99. The van der Waals surface area contributed by atoms with Crippen LogP contribution in [0.15, 0.2) is 0 Å². The fourth-order valence-electron chi connectivity index (χ4n) is 2.32. The van der Waals surface area contributed by atoms with Gasteiger partial charge in [-0.05, 0) is 31.6 Å². The fourth-order valence-corrected chi connectivity index (χ4v) is 2.32. The van der Waals surface area contributed by atoms with Crippen molar-refractivity contribution in [2.75, 3.05) is 6.61 Å². The maximum atomic E-state index is 10.9. The van der Waals surface area contributed by atoms with Gasteiger partial charge in [0.15, 0.2) is 0 Å². The van der Waals surface area contributed by atoms with E-state index in [4.69, 9.17) is 10.5 Å². The molecule has 0 saturated carbocycles. The van der Waals surface area contributed by atoms with E-state index in [1.165, 1.54) is 32.6 Å². The van der Waals surface area contributed by atoms with Gasteiger partial charge in [0.25, 0.3) is 0 Å². The van der Waals surface area contributed by atoms with Gasteiger partial charge < -0.3 is 10.5 Å². The molecule has 0 radical (unpaired) electrons. The normalized spacial score (nSPS) is 14.1. The zero-order valence-corrected chi connectivity index (χ0v) is 13.1. The van der Waals surface area contributed by atoms with Crippen molar-refractivity contribution in [3.8, 4) is 0 Å². The van der Waals surface area contributed by atoms with Crippen LogP contribution in [0.25, 0.3) is 0 Å². The van der Waals surface area contributed by atoms with E-state index in [0.717, 1.165) is 32.1 Å². The van der Waals surface area contributed by atoms with Gasteiger partial charge >= 0.3 is 5.97 Å². The van der Waals surface area contributed by atoms with Crippen molar-refractivity contribution in [2.24, 2.45) is 11.7 Å². The zero-order valence-electron chi connectivity index (χ0n) is 13.1. The molecule has 0 aliphatic heterocycles. The molecular formula is C16H33NO2. The van der Waals surface area contributed by atoms with Gasteiger partial charge in [-0.2, -0.15) is 0 Å². The molecular weight excluding hydrogens is 238 g/mol. The molecule has 0 spiro atoms. The number of hydrogen-bond donors (Lipinski definition) is 1. The van der Waals surface area contributed by atoms with Crippen molar-refractivity contribution in [3.63, 3.8) is 0 Å². The molecule has 0 aromatic rings. The Morgan fingerprint density at radius 3 is 2.11 bits per heavy atom. The average molecular weight is 271 g/mol. The molecule has 2 atom stereocenters. The van der Waals surface area contributed by atoms with Crippen LogP contribution >= 0.6 is 0 Å². The van der Waals surface area contributed by atoms with Gasteiger partial charge in [-0.25, -0.2) is 0 Å². The third-order valence-electron chi connectivity index (χ3n) is 3.60. The van der Waals surface area contributed by atoms with Gasteiger partial charge in [0.05, 0.1) is 6.61 Å². The molecule has 0 saturated heterocycles. The second-order valence-corrected chi connectivity index (χ2v) is 5.64. The molecule has 0 rings (SSSR count). The van der Waals surface area contributed by atoms with Crippen LogP contribution in [0.5, 0.6) is 0 Å². The minimum Gasteiger partial charge on any atom is -0.466 e. The van der Waals surface area contributed by atoms with Gasteiger partial charge in [-0.15, -0.1) is 0 Å². The number of carbonyl (C=O) groups excluding carboxylic acids is 1. The number of unbranched alkanes of at least 4 members (excludes halogenated alkanes) is 2. The van der Waals surface area contributed by atoms with Crippen molar-refractivity contribution in [3.05, 3.63) is 0 Å². The Bertz CT molecular complexity index is 219. The predicted octanol–water partition coefficient (Wildman–Crippen LogP) is 4.04. The van der Waals surface area contributed by atoms with Gasteiger partial charge in [0.1, 0.15) is 0 Å². The van der Waals surface area contributed by atoms with Crippen LogP contribution in [0, 0.1) is 5.92 Å². The largest absolute Gasteiger partial charge is 0.466 e. The molecule has 0 heterocycles. The number of nitrogens with two attached hydrogens (primary N) is 1. The summed E-state index contributed by atoms with van der Waals surface area (Å²) in [7, 11) is 0. The van der Waals surface area contributed by atoms with Gasteiger partial charge in [-0.3, -0.25) is 4.79 Å². The second kappa shape index (κ2) is 12.5. The summed E-state index contributed by atoms with van der Waals surface area (Å²) in [6, 6.07) is 0.348. The summed E-state index contributed by atoms with van der Waals surface area (Å²) in [4.78, 5) is 10.9. The average Bonchev–Trinajstić information content (AvgIpc) is 2.38. The number of ether oxygens (including phenoxy) is 1. The van der Waals surface area contributed by atoms with E-state index < -0.39 is 0 Å². The highest BCUT2D eigenvalue weighted by Crippen LogP contribution is 2.18. The molecule has 3 nitrogen and oxygen atoms in total. The summed E-state index contributed by atoms with van der Waals surface area (Å²) >= 11 is 0. The van der Waals surface area contributed by atoms with E-state index in [2.05, 4.69) is 13.8 Å². The smallest absolute Gasteiger partial charge is 0.302 e. The summed E-state index contributed by atoms with van der Waals surface area (Å²) in [5.41, 5.74) is 6.08. The van der Waals surface area contributed by atoms with E-state index >= 15 is 0 Å². The summed E-state index contributed by atoms with van der Waals surface area (Å²) < 4.78 is 5.15. The fraction of sp³-hybridized carbons (Fsp3) is 0.938. The number of carbonyl (C=O) groups is 1. The molecule has 3 heteroatoms. The highest BCUT2D eigenvalue weighted by Gasteiger charge is 2.11. The molecule has 19 heavy (non-hydrogen) atoms. The lowest BCUT2D eigenvalue weighted by Crippen LogP contribution is -2.20. The summed E-state index contributed by atoms with van der Waals surface area (Å²) in [6.45, 7) is 6.47. The lowest BCUT2D eigenvalue weighted by atomic mass is 9.94. The van der Waals surface area contributed by atoms with Crippen LogP contribution < -0.4 is 5.73 Å². The maximum absolute atomic E-state index is 10.9. The van der Waals surface area contributed by atoms with Crippen LogP contribution in [0.2, 0.25) is 0 Å². The van der Waals surface area contributed by atoms with Gasteiger partial charge in [-0.1, -0.05) is 46.0 Å². The van der Waals surface area contributed by atoms with E-state index in [9.17, 15) is 4.79 Å². The van der Waals surface area contributed by atoms with Crippen LogP contribution in [0.3, 0.4) is 0 Å². The van der Waals surface area contributed by atoms with Crippen molar-refractivity contribution in [1.29, 1.82) is 0 Å². The van der Waals surface area contributed by atoms with Crippen LogP contribution in [-0.4, -0.2) is 18.6 Å². The lowest BCUT2D eigenvalue weighted by Gasteiger charge is -2.17. The molecule has 0 bridgehead atoms. The van der Waals surface area contributed by atoms with Crippen LogP contribution in [0.1, 0.15) is 78.6 Å². The third-order valence-corrected chi connectivity index (χ3v) is 3.60. The van der Waals surface area contributed by atoms with E-state index in [1.807, 2.05) is 0 Å². The zero-order chi connectivity index (χ0) is 14.5. The highest BCUT2D eigenvalue weighted by atomic mass is 16.5. The van der Waals surface area contributed by atoms with E-state index in [1.54, 1.807) is 0 Å². The quantitative estimate of drug-likeness (QED) is 0.545. The maximum Gasteiger partial charge on any atom is 0.302 e. The topological polar surface area (TPSA) is 52.3 Å². The highest BCUT2D eigenvalue weighted by molar-refractivity contribution is 5.65. The van der Waals surface area contributed by atoms with Crippen LogP contribution in [0.4, 0.5) is 0 Å². The second-order valence-electron chi connectivity index (χ2n) is 5.64. The minimum absolute atomic E-state index is 0.166. The Morgan fingerprint density at radius 1 is 1.00 bits per heavy atom. The molecule has 0 aromatic heterocycles. The molecule has 0 aromatic carbocycles. The summed E-state index contributed by atoms with van der Waals surface area (Å²) in [5, 5.41) is 0. The van der Waals surface area contributed by atoms with Crippen LogP contribution in [-0.2, 0) is 9.53 Å². The first-order valence-electron chi connectivity index (χ1n) is 7.99. The predicted molar refractivity (Wildman–Crippen MR) is 81.0 cm³/mol. The molecule has 0 aliphatic carbocycles. The monoisotopic (exact) mass is 271 g/mol. The Balaban J connectivity index is 3.80. The standard InChI is InChI=1S/C16H33NO2/c1-4-6-9-15(13-19-14(3)18)10-8-12-16(17)11-7-5-2/h15-16H,4-13,17H2,1-3H3/t15-,16+/m0/s1. The Morgan fingerprint density at radius 2 is 1.53 bits per heavy atom. The Labute approximate surface area is 119 Å². The molecule has 2 N–H and O–H groups in total. The summed E-state index contributed by atoms with van der Waals surface area (Å²) in [6.07, 6.45) is 10.6. The Hall–Kier alpha value is -0.570.